The lowest BCUT2D eigenvalue weighted by Crippen LogP contribution is -2.19. The van der Waals surface area contributed by atoms with Gasteiger partial charge in [-0.25, -0.2) is 0 Å². The van der Waals surface area contributed by atoms with Gasteiger partial charge in [0.25, 0.3) is 0 Å². The molecule has 0 spiro atoms. The Hall–Kier alpha value is -0.820. The van der Waals surface area contributed by atoms with Crippen molar-refractivity contribution in [2.24, 2.45) is 17.1 Å². The van der Waals surface area contributed by atoms with Crippen molar-refractivity contribution >= 4 is 0 Å². The highest BCUT2D eigenvalue weighted by atomic mass is 14.5. The molecule has 0 radical (unpaired) electrons. The Bertz CT molecular complexity index is 410. The second-order valence-corrected chi connectivity index (χ2v) is 7.47. The van der Waals surface area contributed by atoms with Crippen LogP contribution < -0.4 is 5.73 Å². The van der Waals surface area contributed by atoms with Crippen LogP contribution in [0.15, 0.2) is 34.9 Å². The van der Waals surface area contributed by atoms with Gasteiger partial charge in [-0.2, -0.15) is 0 Å². The van der Waals surface area contributed by atoms with Gasteiger partial charge in [0, 0.05) is 0 Å². The van der Waals surface area contributed by atoms with Crippen LogP contribution in [-0.4, -0.2) is 6.54 Å². The first-order valence-corrected chi connectivity index (χ1v) is 8.62. The molecule has 120 valence electrons. The second kappa shape index (κ2) is 8.58. The Morgan fingerprint density at radius 1 is 1.33 bits per heavy atom. The van der Waals surface area contributed by atoms with Gasteiger partial charge >= 0.3 is 0 Å². The van der Waals surface area contributed by atoms with Crippen molar-refractivity contribution in [1.82, 2.24) is 0 Å². The zero-order valence-corrected chi connectivity index (χ0v) is 14.8. The van der Waals surface area contributed by atoms with E-state index < -0.39 is 0 Å². The molecule has 0 saturated carbocycles. The molecule has 0 aromatic rings. The average Bonchev–Trinajstić information content (AvgIpc) is 2.37. The van der Waals surface area contributed by atoms with Crippen LogP contribution in [0.2, 0.25) is 0 Å². The molecule has 21 heavy (non-hydrogen) atoms. The molecule has 0 aliphatic heterocycles. The molecule has 1 aliphatic carbocycles. The minimum Gasteiger partial charge on any atom is -0.330 e. The molecule has 0 fully saturated rings. The Morgan fingerprint density at radius 2 is 2.05 bits per heavy atom. The van der Waals surface area contributed by atoms with Crippen molar-refractivity contribution in [1.29, 1.82) is 0 Å². The third kappa shape index (κ3) is 6.22. The first kappa shape index (κ1) is 18.2. The topological polar surface area (TPSA) is 26.0 Å². The highest BCUT2D eigenvalue weighted by Crippen LogP contribution is 2.40. The van der Waals surface area contributed by atoms with Gasteiger partial charge in [-0.05, 0) is 75.8 Å². The zero-order valence-electron chi connectivity index (χ0n) is 14.8. The average molecular weight is 290 g/mol. The van der Waals surface area contributed by atoms with Crippen LogP contribution in [0.1, 0.15) is 73.1 Å². The SMILES string of the molecule is CC1=C(/C=C/C(C)=C/CCC(C)CCN)C(C)(C)CCC1. The summed E-state index contributed by atoms with van der Waals surface area (Å²) in [7, 11) is 0. The van der Waals surface area contributed by atoms with Crippen LogP contribution in [0.25, 0.3) is 0 Å². The number of nitrogens with two attached hydrogens (primary N) is 1. The maximum atomic E-state index is 5.60. The highest BCUT2D eigenvalue weighted by molar-refractivity contribution is 5.35. The third-order valence-electron chi connectivity index (χ3n) is 4.84. The number of hydrogen-bond acceptors (Lipinski definition) is 1. The van der Waals surface area contributed by atoms with E-state index >= 15 is 0 Å². The van der Waals surface area contributed by atoms with E-state index in [1.54, 1.807) is 11.1 Å². The first-order valence-electron chi connectivity index (χ1n) is 8.62. The fourth-order valence-electron chi connectivity index (χ4n) is 3.32. The fourth-order valence-corrected chi connectivity index (χ4v) is 3.32. The van der Waals surface area contributed by atoms with Crippen molar-refractivity contribution < 1.29 is 0 Å². The highest BCUT2D eigenvalue weighted by Gasteiger charge is 2.26. The number of allylic oxidation sites excluding steroid dienone is 6. The van der Waals surface area contributed by atoms with Crippen molar-refractivity contribution in [2.45, 2.75) is 73.1 Å². The van der Waals surface area contributed by atoms with Crippen molar-refractivity contribution in [3.63, 3.8) is 0 Å². The molecule has 1 unspecified atom stereocenters. The summed E-state index contributed by atoms with van der Waals surface area (Å²) in [6, 6.07) is 0. The van der Waals surface area contributed by atoms with Crippen molar-refractivity contribution in [3.8, 4) is 0 Å². The summed E-state index contributed by atoms with van der Waals surface area (Å²) >= 11 is 0. The van der Waals surface area contributed by atoms with E-state index in [-0.39, 0.29) is 0 Å². The minimum atomic E-state index is 0.342. The summed E-state index contributed by atoms with van der Waals surface area (Å²) < 4.78 is 0. The quantitative estimate of drug-likeness (QED) is 0.591. The van der Waals surface area contributed by atoms with Gasteiger partial charge in [0.15, 0.2) is 0 Å². The lowest BCUT2D eigenvalue weighted by Gasteiger charge is -2.32. The summed E-state index contributed by atoms with van der Waals surface area (Å²) in [4.78, 5) is 0. The van der Waals surface area contributed by atoms with E-state index in [0.29, 0.717) is 5.41 Å². The lowest BCUT2D eigenvalue weighted by molar-refractivity contribution is 0.377. The van der Waals surface area contributed by atoms with E-state index in [1.165, 1.54) is 37.7 Å². The zero-order chi connectivity index (χ0) is 15.9. The molecule has 1 rings (SSSR count). The Kier molecular flexibility index (Phi) is 7.45. The predicted molar refractivity (Wildman–Crippen MR) is 95.3 cm³/mol. The van der Waals surface area contributed by atoms with Gasteiger partial charge in [-0.3, -0.25) is 0 Å². The van der Waals surface area contributed by atoms with Gasteiger partial charge in [0.2, 0.25) is 0 Å². The van der Waals surface area contributed by atoms with E-state index in [0.717, 1.165) is 18.9 Å². The normalized spacial score (nSPS) is 21.1. The monoisotopic (exact) mass is 289 g/mol. The first-order chi connectivity index (χ1) is 9.86. The number of rotatable bonds is 7. The molecule has 0 aromatic heterocycles. The Balaban J connectivity index is 2.58. The maximum absolute atomic E-state index is 5.60. The molecular weight excluding hydrogens is 254 g/mol. The van der Waals surface area contributed by atoms with E-state index in [2.05, 4.69) is 52.8 Å². The van der Waals surface area contributed by atoms with E-state index in [1.807, 2.05) is 0 Å². The largest absolute Gasteiger partial charge is 0.330 e. The maximum Gasteiger partial charge on any atom is -0.00747 e. The van der Waals surface area contributed by atoms with Gasteiger partial charge in [-0.15, -0.1) is 0 Å². The van der Waals surface area contributed by atoms with Gasteiger partial charge < -0.3 is 5.73 Å². The third-order valence-corrected chi connectivity index (χ3v) is 4.84. The van der Waals surface area contributed by atoms with Crippen LogP contribution in [0, 0.1) is 11.3 Å². The van der Waals surface area contributed by atoms with E-state index in [9.17, 15) is 0 Å². The molecular formula is C20H35N. The summed E-state index contributed by atoms with van der Waals surface area (Å²) in [5, 5.41) is 0. The van der Waals surface area contributed by atoms with Gasteiger partial charge in [0.05, 0.1) is 0 Å². The summed E-state index contributed by atoms with van der Waals surface area (Å²) in [5.74, 6) is 0.741. The number of hydrogen-bond donors (Lipinski definition) is 1. The standard InChI is InChI=1S/C20H35N/c1-16(8-6-9-17(2)13-15-21)11-12-19-18(3)10-7-14-20(19,4)5/h8,11-12,17H,6-7,9-10,13-15,21H2,1-5H3/b12-11+,16-8+. The molecule has 0 bridgehead atoms. The van der Waals surface area contributed by atoms with E-state index in [4.69, 9.17) is 5.73 Å². The summed E-state index contributed by atoms with van der Waals surface area (Å²) in [6.07, 6.45) is 14.5. The molecule has 0 heterocycles. The summed E-state index contributed by atoms with van der Waals surface area (Å²) in [5.41, 5.74) is 10.5. The molecule has 1 nitrogen and oxygen atoms in total. The second-order valence-electron chi connectivity index (χ2n) is 7.47. The van der Waals surface area contributed by atoms with Crippen LogP contribution in [0.3, 0.4) is 0 Å². The van der Waals surface area contributed by atoms with Crippen LogP contribution in [0.5, 0.6) is 0 Å². The summed E-state index contributed by atoms with van der Waals surface area (Å²) in [6.45, 7) is 12.4. The van der Waals surface area contributed by atoms with Crippen LogP contribution in [-0.2, 0) is 0 Å². The van der Waals surface area contributed by atoms with Crippen molar-refractivity contribution in [3.05, 3.63) is 34.9 Å². The molecule has 1 atom stereocenters. The van der Waals surface area contributed by atoms with Crippen LogP contribution >= 0.6 is 0 Å². The molecule has 2 N–H and O–H groups in total. The van der Waals surface area contributed by atoms with Crippen LogP contribution in [0.4, 0.5) is 0 Å². The molecule has 0 saturated heterocycles. The minimum absolute atomic E-state index is 0.342. The molecule has 0 aromatic carbocycles. The van der Waals surface area contributed by atoms with Gasteiger partial charge in [0.1, 0.15) is 0 Å². The Morgan fingerprint density at radius 3 is 2.67 bits per heavy atom. The fraction of sp³-hybridized carbons (Fsp3) is 0.700. The Labute approximate surface area is 132 Å². The smallest absolute Gasteiger partial charge is 0.00747 e. The van der Waals surface area contributed by atoms with Gasteiger partial charge in [-0.1, -0.05) is 50.1 Å². The molecule has 1 aliphatic rings. The molecule has 0 amide bonds. The lowest BCUT2D eigenvalue weighted by atomic mass is 9.72. The predicted octanol–water partition coefficient (Wildman–Crippen LogP) is 5.78. The molecule has 1 heteroatoms. The van der Waals surface area contributed by atoms with Crippen molar-refractivity contribution in [2.75, 3.05) is 6.54 Å².